The van der Waals surface area contributed by atoms with Gasteiger partial charge in [0.25, 0.3) is 0 Å². The van der Waals surface area contributed by atoms with Gasteiger partial charge in [-0.15, -0.1) is 0 Å². The molecule has 5 heteroatoms. The second-order valence-electron chi connectivity index (χ2n) is 6.25. The molecule has 1 aliphatic rings. The molecular weight excluding hydrogens is 307 g/mol. The van der Waals surface area contributed by atoms with Gasteiger partial charge in [-0.1, -0.05) is 18.2 Å². The molecule has 2 aromatic rings. The summed E-state index contributed by atoms with van der Waals surface area (Å²) in [5.74, 6) is -0.377. The van der Waals surface area contributed by atoms with E-state index in [9.17, 15) is 14.3 Å². The van der Waals surface area contributed by atoms with Crippen molar-refractivity contribution in [1.29, 1.82) is 0 Å². The number of fused-ring (bicyclic) bond motifs is 1. The minimum absolute atomic E-state index is 0.0966. The van der Waals surface area contributed by atoms with Crippen LogP contribution in [0.2, 0.25) is 0 Å². The van der Waals surface area contributed by atoms with Gasteiger partial charge in [-0.25, -0.2) is 4.39 Å². The van der Waals surface area contributed by atoms with Gasteiger partial charge in [-0.05, 0) is 54.7 Å². The maximum atomic E-state index is 14.2. The van der Waals surface area contributed by atoms with Crippen molar-refractivity contribution in [1.82, 2.24) is 0 Å². The molecule has 0 saturated heterocycles. The van der Waals surface area contributed by atoms with Crippen molar-refractivity contribution in [3.05, 3.63) is 58.9 Å². The maximum Gasteiger partial charge on any atom is 0.228 e. The molecule has 0 saturated carbocycles. The van der Waals surface area contributed by atoms with Crippen molar-refractivity contribution in [2.45, 2.75) is 32.2 Å². The minimum atomic E-state index is -0.491. The van der Waals surface area contributed by atoms with Gasteiger partial charge in [-0.3, -0.25) is 4.79 Å². The monoisotopic (exact) mass is 328 g/mol. The highest BCUT2D eigenvalue weighted by atomic mass is 19.1. The number of hydrogen-bond donors (Lipinski definition) is 2. The van der Waals surface area contributed by atoms with Crippen LogP contribution in [0.3, 0.4) is 0 Å². The zero-order valence-electron chi connectivity index (χ0n) is 13.6. The summed E-state index contributed by atoms with van der Waals surface area (Å²) >= 11 is 0. The van der Waals surface area contributed by atoms with E-state index in [4.69, 9.17) is 5.73 Å². The average Bonchev–Trinajstić information content (AvgIpc) is 2.54. The zero-order valence-corrected chi connectivity index (χ0v) is 13.6. The molecule has 126 valence electrons. The smallest absolute Gasteiger partial charge is 0.228 e. The van der Waals surface area contributed by atoms with Crippen LogP contribution in [-0.2, 0) is 11.2 Å². The van der Waals surface area contributed by atoms with E-state index in [0.717, 1.165) is 29.5 Å². The summed E-state index contributed by atoms with van der Waals surface area (Å²) in [4.78, 5) is 14.2. The van der Waals surface area contributed by atoms with Crippen LogP contribution >= 0.6 is 0 Å². The van der Waals surface area contributed by atoms with E-state index in [1.807, 2.05) is 13.0 Å². The molecule has 0 spiro atoms. The van der Waals surface area contributed by atoms with Crippen molar-refractivity contribution in [2.24, 2.45) is 5.73 Å². The van der Waals surface area contributed by atoms with E-state index in [1.165, 1.54) is 11.0 Å². The number of nitrogens with zero attached hydrogens (tertiary/aromatic N) is 1. The van der Waals surface area contributed by atoms with Crippen LogP contribution < -0.4 is 10.6 Å². The fourth-order valence-corrected chi connectivity index (χ4v) is 3.34. The van der Waals surface area contributed by atoms with Crippen molar-refractivity contribution >= 4 is 11.6 Å². The van der Waals surface area contributed by atoms with E-state index < -0.39 is 6.04 Å². The first-order valence-corrected chi connectivity index (χ1v) is 8.10. The zero-order chi connectivity index (χ0) is 17.3. The first-order chi connectivity index (χ1) is 11.5. The van der Waals surface area contributed by atoms with Gasteiger partial charge in [0.1, 0.15) is 11.6 Å². The van der Waals surface area contributed by atoms with Crippen LogP contribution in [0.5, 0.6) is 5.75 Å². The molecule has 0 radical (unpaired) electrons. The molecule has 0 bridgehead atoms. The van der Waals surface area contributed by atoms with Crippen molar-refractivity contribution in [3.8, 4) is 5.75 Å². The van der Waals surface area contributed by atoms with Crippen LogP contribution in [-0.4, -0.2) is 17.6 Å². The molecule has 3 N–H and O–H groups in total. The summed E-state index contributed by atoms with van der Waals surface area (Å²) < 4.78 is 14.2. The van der Waals surface area contributed by atoms with Gasteiger partial charge in [0, 0.05) is 19.0 Å². The lowest BCUT2D eigenvalue weighted by atomic mass is 9.97. The molecule has 0 aliphatic carbocycles. The Morgan fingerprint density at radius 3 is 2.92 bits per heavy atom. The molecule has 24 heavy (non-hydrogen) atoms. The highest BCUT2D eigenvalue weighted by Gasteiger charge is 2.27. The minimum Gasteiger partial charge on any atom is -0.508 e. The lowest BCUT2D eigenvalue weighted by Gasteiger charge is -2.30. The van der Waals surface area contributed by atoms with E-state index in [2.05, 4.69) is 0 Å². The number of nitrogens with two attached hydrogens (primary N) is 1. The van der Waals surface area contributed by atoms with Crippen LogP contribution in [0, 0.1) is 12.7 Å². The molecule has 1 aliphatic heterocycles. The van der Waals surface area contributed by atoms with Gasteiger partial charge in [0.05, 0.1) is 5.69 Å². The molecule has 1 amide bonds. The molecule has 1 heterocycles. The van der Waals surface area contributed by atoms with Crippen molar-refractivity contribution in [2.75, 3.05) is 11.4 Å². The van der Waals surface area contributed by atoms with Crippen molar-refractivity contribution < 1.29 is 14.3 Å². The second kappa shape index (κ2) is 6.61. The Morgan fingerprint density at radius 1 is 1.38 bits per heavy atom. The lowest BCUT2D eigenvalue weighted by Crippen LogP contribution is -2.38. The third-order valence-electron chi connectivity index (χ3n) is 4.52. The van der Waals surface area contributed by atoms with Crippen LogP contribution in [0.1, 0.15) is 35.6 Å². The molecule has 0 aromatic heterocycles. The maximum absolute atomic E-state index is 14.2. The Balaban J connectivity index is 1.81. The van der Waals surface area contributed by atoms with E-state index in [1.54, 1.807) is 24.3 Å². The van der Waals surface area contributed by atoms with Crippen LogP contribution in [0.15, 0.2) is 36.4 Å². The molecule has 1 unspecified atom stereocenters. The molecule has 3 rings (SSSR count). The van der Waals surface area contributed by atoms with E-state index in [-0.39, 0.29) is 23.9 Å². The van der Waals surface area contributed by atoms with Gasteiger partial charge in [0.2, 0.25) is 5.91 Å². The van der Waals surface area contributed by atoms with Gasteiger partial charge in [0.15, 0.2) is 0 Å². The Bertz CT molecular complexity index is 776. The number of anilines is 1. The fraction of sp³-hybridized carbons (Fsp3) is 0.316. The SMILES string of the molecule is Cc1cc(O)ccc1C(N)CC(=O)N1CCCc2cccc(F)c21. The van der Waals surface area contributed by atoms with E-state index >= 15 is 0 Å². The standard InChI is InChI=1S/C19H21FN2O2/c1-12-10-14(23)7-8-15(12)17(21)11-18(24)22-9-3-5-13-4-2-6-16(20)19(13)22/h2,4,6-8,10,17,23H,3,5,9,11,21H2,1H3. The number of aryl methyl sites for hydroxylation is 2. The molecule has 4 nitrogen and oxygen atoms in total. The number of hydrogen-bond acceptors (Lipinski definition) is 3. The summed E-state index contributed by atoms with van der Waals surface area (Å²) in [5, 5.41) is 9.49. The first kappa shape index (κ1) is 16.5. The Kier molecular flexibility index (Phi) is 4.53. The topological polar surface area (TPSA) is 66.6 Å². The Morgan fingerprint density at radius 2 is 2.17 bits per heavy atom. The predicted octanol–water partition coefficient (Wildman–Crippen LogP) is 3.21. The highest BCUT2D eigenvalue weighted by Crippen LogP contribution is 2.31. The molecular formula is C19H21FN2O2. The number of benzene rings is 2. The second-order valence-corrected chi connectivity index (χ2v) is 6.25. The molecule has 1 atom stereocenters. The summed E-state index contributed by atoms with van der Waals surface area (Å²) in [6.45, 7) is 2.35. The largest absolute Gasteiger partial charge is 0.508 e. The number of phenolic OH excluding ortho intramolecular Hbond substituents is 1. The number of halogens is 1. The fourth-order valence-electron chi connectivity index (χ4n) is 3.34. The highest BCUT2D eigenvalue weighted by molar-refractivity contribution is 5.95. The number of carbonyl (C=O) groups is 1. The van der Waals surface area contributed by atoms with E-state index in [0.29, 0.717) is 12.2 Å². The first-order valence-electron chi connectivity index (χ1n) is 8.10. The third-order valence-corrected chi connectivity index (χ3v) is 4.52. The number of rotatable bonds is 3. The third kappa shape index (κ3) is 3.12. The summed E-state index contributed by atoms with van der Waals surface area (Å²) in [7, 11) is 0. The number of aromatic hydroxyl groups is 1. The number of para-hydroxylation sites is 1. The molecule has 0 fully saturated rings. The quantitative estimate of drug-likeness (QED) is 0.909. The molecule has 2 aromatic carbocycles. The number of amides is 1. The number of carbonyl (C=O) groups excluding carboxylic acids is 1. The van der Waals surface area contributed by atoms with Crippen molar-refractivity contribution in [3.63, 3.8) is 0 Å². The lowest BCUT2D eigenvalue weighted by molar-refractivity contribution is -0.119. The Labute approximate surface area is 140 Å². The summed E-state index contributed by atoms with van der Waals surface area (Å²) in [6, 6.07) is 9.34. The van der Waals surface area contributed by atoms with Gasteiger partial charge >= 0.3 is 0 Å². The number of phenols is 1. The summed E-state index contributed by atoms with van der Waals surface area (Å²) in [5.41, 5.74) is 9.09. The summed E-state index contributed by atoms with van der Waals surface area (Å²) in [6.07, 6.45) is 1.69. The Hall–Kier alpha value is -2.40. The van der Waals surface area contributed by atoms with Gasteiger partial charge in [-0.2, -0.15) is 0 Å². The average molecular weight is 328 g/mol. The predicted molar refractivity (Wildman–Crippen MR) is 91.5 cm³/mol. The van der Waals surface area contributed by atoms with Gasteiger partial charge < -0.3 is 15.7 Å². The van der Waals surface area contributed by atoms with Crippen LogP contribution in [0.25, 0.3) is 0 Å². The van der Waals surface area contributed by atoms with Crippen LogP contribution in [0.4, 0.5) is 10.1 Å². The normalized spacial score (nSPS) is 15.0.